The van der Waals surface area contributed by atoms with E-state index in [9.17, 15) is 9.59 Å². The van der Waals surface area contributed by atoms with E-state index in [4.69, 9.17) is 0 Å². The Morgan fingerprint density at radius 1 is 1.04 bits per heavy atom. The standard InChI is InChI=1S/C21H22N4O2/c1-13-8-10-17(11-9-13)18-12-22-25(21(27)23-18)16(4)20(26)24-19-14(2)6-5-7-15(19)3/h5-12,16H,1-4H3,(H,24,26)/t16-/m0/s1. The molecule has 0 radical (unpaired) electrons. The molecular formula is C21H22N4O2. The average molecular weight is 362 g/mol. The zero-order valence-electron chi connectivity index (χ0n) is 15.9. The smallest absolute Gasteiger partial charge is 0.324 e. The number of anilines is 1. The predicted molar refractivity (Wildman–Crippen MR) is 106 cm³/mol. The Kier molecular flexibility index (Phi) is 5.16. The Balaban J connectivity index is 1.84. The highest BCUT2D eigenvalue weighted by molar-refractivity contribution is 5.94. The van der Waals surface area contributed by atoms with Gasteiger partial charge in [-0.3, -0.25) is 4.79 Å². The van der Waals surface area contributed by atoms with E-state index >= 15 is 0 Å². The molecule has 0 spiro atoms. The molecule has 0 unspecified atom stereocenters. The number of nitrogens with one attached hydrogen (secondary N) is 1. The maximum Gasteiger partial charge on any atom is 0.365 e. The molecule has 27 heavy (non-hydrogen) atoms. The van der Waals surface area contributed by atoms with Crippen LogP contribution in [0.2, 0.25) is 0 Å². The maximum absolute atomic E-state index is 12.6. The van der Waals surface area contributed by atoms with Crippen molar-refractivity contribution in [2.45, 2.75) is 33.7 Å². The number of benzene rings is 2. The number of carbonyl (C=O) groups is 1. The van der Waals surface area contributed by atoms with E-state index in [1.54, 1.807) is 6.92 Å². The molecule has 0 aliphatic rings. The van der Waals surface area contributed by atoms with Crippen LogP contribution in [0.3, 0.4) is 0 Å². The second-order valence-corrected chi connectivity index (χ2v) is 6.67. The second-order valence-electron chi connectivity index (χ2n) is 6.67. The zero-order valence-corrected chi connectivity index (χ0v) is 15.9. The van der Waals surface area contributed by atoms with Crippen LogP contribution in [0, 0.1) is 20.8 Å². The van der Waals surface area contributed by atoms with Crippen molar-refractivity contribution in [1.29, 1.82) is 0 Å². The van der Waals surface area contributed by atoms with Crippen LogP contribution in [0.15, 0.2) is 53.5 Å². The van der Waals surface area contributed by atoms with E-state index in [1.807, 2.05) is 63.2 Å². The molecule has 1 N–H and O–H groups in total. The Labute approximate surface area is 157 Å². The van der Waals surface area contributed by atoms with Gasteiger partial charge < -0.3 is 5.32 Å². The fraction of sp³-hybridized carbons (Fsp3) is 0.238. The molecule has 0 fully saturated rings. The topological polar surface area (TPSA) is 76.9 Å². The van der Waals surface area contributed by atoms with Gasteiger partial charge in [0.1, 0.15) is 6.04 Å². The van der Waals surface area contributed by atoms with Gasteiger partial charge in [0, 0.05) is 11.3 Å². The third-order valence-electron chi connectivity index (χ3n) is 4.54. The molecule has 0 bridgehead atoms. The summed E-state index contributed by atoms with van der Waals surface area (Å²) in [6.45, 7) is 7.47. The fourth-order valence-electron chi connectivity index (χ4n) is 2.83. The summed E-state index contributed by atoms with van der Waals surface area (Å²) in [4.78, 5) is 29.1. The summed E-state index contributed by atoms with van der Waals surface area (Å²) in [5, 5.41) is 7.06. The summed E-state index contributed by atoms with van der Waals surface area (Å²) in [7, 11) is 0. The van der Waals surface area contributed by atoms with E-state index in [0.29, 0.717) is 5.69 Å². The number of nitrogens with zero attached hydrogens (tertiary/aromatic N) is 3. The molecule has 1 atom stereocenters. The summed E-state index contributed by atoms with van der Waals surface area (Å²) in [5.41, 5.74) is 4.54. The predicted octanol–water partition coefficient (Wildman–Crippen LogP) is 3.43. The summed E-state index contributed by atoms with van der Waals surface area (Å²) in [5.74, 6) is -0.313. The van der Waals surface area contributed by atoms with E-state index in [0.717, 1.165) is 32.6 Å². The van der Waals surface area contributed by atoms with E-state index in [-0.39, 0.29) is 5.91 Å². The molecule has 6 nitrogen and oxygen atoms in total. The van der Waals surface area contributed by atoms with Crippen LogP contribution in [-0.4, -0.2) is 20.7 Å². The SMILES string of the molecule is Cc1ccc(-c2cnn([C@@H](C)C(=O)Nc3c(C)cccc3C)c(=O)n2)cc1. The van der Waals surface area contributed by atoms with Gasteiger partial charge in [0.2, 0.25) is 5.91 Å². The van der Waals surface area contributed by atoms with Gasteiger partial charge in [0.15, 0.2) is 0 Å². The van der Waals surface area contributed by atoms with Gasteiger partial charge >= 0.3 is 5.69 Å². The normalized spacial score (nSPS) is 11.9. The Bertz CT molecular complexity index is 1020. The molecule has 1 heterocycles. The van der Waals surface area contributed by atoms with Crippen molar-refractivity contribution >= 4 is 11.6 Å². The summed E-state index contributed by atoms with van der Waals surface area (Å²) in [6.07, 6.45) is 1.51. The molecule has 0 aliphatic carbocycles. The lowest BCUT2D eigenvalue weighted by atomic mass is 10.1. The number of para-hydroxylation sites is 1. The molecule has 1 aromatic heterocycles. The first kappa shape index (κ1) is 18.5. The van der Waals surface area contributed by atoms with Crippen molar-refractivity contribution in [2.75, 3.05) is 5.32 Å². The summed E-state index contributed by atoms with van der Waals surface area (Å²) in [6, 6.07) is 12.7. The minimum atomic E-state index is -0.781. The first-order chi connectivity index (χ1) is 12.9. The van der Waals surface area contributed by atoms with Crippen LogP contribution < -0.4 is 11.0 Å². The molecular weight excluding hydrogens is 340 g/mol. The Hall–Kier alpha value is -3.28. The molecule has 6 heteroatoms. The molecule has 2 aromatic carbocycles. The monoisotopic (exact) mass is 362 g/mol. The Morgan fingerprint density at radius 2 is 1.67 bits per heavy atom. The Morgan fingerprint density at radius 3 is 2.26 bits per heavy atom. The van der Waals surface area contributed by atoms with Gasteiger partial charge in [-0.15, -0.1) is 0 Å². The summed E-state index contributed by atoms with van der Waals surface area (Å²) >= 11 is 0. The molecule has 138 valence electrons. The number of amides is 1. The quantitative estimate of drug-likeness (QED) is 0.771. The lowest BCUT2D eigenvalue weighted by Crippen LogP contribution is -2.35. The van der Waals surface area contributed by atoms with Crippen molar-refractivity contribution in [3.8, 4) is 11.3 Å². The van der Waals surface area contributed by atoms with Crippen molar-refractivity contribution in [3.63, 3.8) is 0 Å². The molecule has 3 aromatic rings. The highest BCUT2D eigenvalue weighted by Crippen LogP contribution is 2.21. The summed E-state index contributed by atoms with van der Waals surface area (Å²) < 4.78 is 1.10. The lowest BCUT2D eigenvalue weighted by molar-refractivity contribution is -0.119. The van der Waals surface area contributed by atoms with E-state index in [2.05, 4.69) is 15.4 Å². The number of aryl methyl sites for hydroxylation is 3. The first-order valence-electron chi connectivity index (χ1n) is 8.77. The minimum absolute atomic E-state index is 0.313. The fourth-order valence-corrected chi connectivity index (χ4v) is 2.83. The van der Waals surface area contributed by atoms with Gasteiger partial charge in [-0.1, -0.05) is 48.0 Å². The first-order valence-corrected chi connectivity index (χ1v) is 8.77. The van der Waals surface area contributed by atoms with Crippen LogP contribution >= 0.6 is 0 Å². The van der Waals surface area contributed by atoms with Crippen LogP contribution in [0.25, 0.3) is 11.3 Å². The second kappa shape index (κ2) is 7.53. The molecule has 0 saturated heterocycles. The van der Waals surface area contributed by atoms with Crippen molar-refractivity contribution in [1.82, 2.24) is 14.8 Å². The third-order valence-corrected chi connectivity index (χ3v) is 4.54. The molecule has 3 rings (SSSR count). The largest absolute Gasteiger partial charge is 0.365 e. The molecule has 0 saturated carbocycles. The van der Waals surface area contributed by atoms with Crippen molar-refractivity contribution in [3.05, 3.63) is 75.8 Å². The third kappa shape index (κ3) is 3.95. The molecule has 0 aliphatic heterocycles. The van der Waals surface area contributed by atoms with E-state index < -0.39 is 11.7 Å². The number of aromatic nitrogens is 3. The van der Waals surface area contributed by atoms with Crippen LogP contribution in [0.5, 0.6) is 0 Å². The number of hydrogen-bond donors (Lipinski definition) is 1. The van der Waals surface area contributed by atoms with Crippen LogP contribution in [0.1, 0.15) is 29.7 Å². The highest BCUT2D eigenvalue weighted by Gasteiger charge is 2.19. The zero-order chi connectivity index (χ0) is 19.6. The lowest BCUT2D eigenvalue weighted by Gasteiger charge is -2.16. The maximum atomic E-state index is 12.6. The van der Waals surface area contributed by atoms with Crippen LogP contribution in [0.4, 0.5) is 5.69 Å². The highest BCUT2D eigenvalue weighted by atomic mass is 16.2. The number of rotatable bonds is 4. The molecule has 1 amide bonds. The van der Waals surface area contributed by atoms with E-state index in [1.165, 1.54) is 6.20 Å². The van der Waals surface area contributed by atoms with Gasteiger partial charge in [-0.2, -0.15) is 10.1 Å². The average Bonchev–Trinajstić information content (AvgIpc) is 2.64. The number of carbonyl (C=O) groups excluding carboxylic acids is 1. The van der Waals surface area contributed by atoms with Crippen molar-refractivity contribution in [2.24, 2.45) is 0 Å². The number of hydrogen-bond acceptors (Lipinski definition) is 4. The minimum Gasteiger partial charge on any atom is -0.324 e. The van der Waals surface area contributed by atoms with Gasteiger partial charge in [-0.05, 0) is 38.8 Å². The van der Waals surface area contributed by atoms with Gasteiger partial charge in [0.05, 0.1) is 11.9 Å². The van der Waals surface area contributed by atoms with Crippen LogP contribution in [-0.2, 0) is 4.79 Å². The van der Waals surface area contributed by atoms with Crippen molar-refractivity contribution < 1.29 is 4.79 Å². The van der Waals surface area contributed by atoms with Gasteiger partial charge in [-0.25, -0.2) is 9.48 Å². The van der Waals surface area contributed by atoms with Gasteiger partial charge in [0.25, 0.3) is 0 Å².